The summed E-state index contributed by atoms with van der Waals surface area (Å²) in [4.78, 5) is 0. The molecule has 0 saturated carbocycles. The van der Waals surface area contributed by atoms with Crippen LogP contribution in [-0.4, -0.2) is 7.11 Å². The Morgan fingerprint density at radius 2 is 1.14 bits per heavy atom. The summed E-state index contributed by atoms with van der Waals surface area (Å²) in [6, 6.07) is 0. The molecule has 0 heterocycles. The van der Waals surface area contributed by atoms with Crippen LogP contribution in [0.2, 0.25) is 25.1 Å². The number of ether oxygens (including phenoxy) is 1. The van der Waals surface area contributed by atoms with Gasteiger partial charge in [0.25, 0.3) is 0 Å². The highest BCUT2D eigenvalue weighted by Crippen LogP contribution is 2.43. The molecule has 0 aliphatic rings. The highest BCUT2D eigenvalue weighted by Gasteiger charge is 2.18. The standard InChI is InChI=1S/C8H5Cl5O/c1-14-2-3-4(9)6(11)8(13)7(12)5(3)10/h2H2,1H3. The van der Waals surface area contributed by atoms with Crippen molar-refractivity contribution in [3.8, 4) is 0 Å². The van der Waals surface area contributed by atoms with Gasteiger partial charge in [0.2, 0.25) is 0 Å². The third-order valence-corrected chi connectivity index (χ3v) is 3.94. The fourth-order valence-corrected chi connectivity index (χ4v) is 2.21. The lowest BCUT2D eigenvalue weighted by Gasteiger charge is -2.11. The van der Waals surface area contributed by atoms with E-state index in [-0.39, 0.29) is 31.7 Å². The highest BCUT2D eigenvalue weighted by atomic mass is 35.5. The van der Waals surface area contributed by atoms with Crippen molar-refractivity contribution in [1.29, 1.82) is 0 Å². The van der Waals surface area contributed by atoms with Crippen molar-refractivity contribution < 1.29 is 4.74 Å². The molecule has 0 radical (unpaired) electrons. The van der Waals surface area contributed by atoms with E-state index in [0.29, 0.717) is 5.56 Å². The lowest BCUT2D eigenvalue weighted by atomic mass is 10.2. The molecule has 0 unspecified atom stereocenters. The van der Waals surface area contributed by atoms with Crippen molar-refractivity contribution in [1.82, 2.24) is 0 Å². The molecule has 0 spiro atoms. The molecule has 1 rings (SSSR count). The van der Waals surface area contributed by atoms with E-state index >= 15 is 0 Å². The monoisotopic (exact) mass is 292 g/mol. The van der Waals surface area contributed by atoms with Crippen molar-refractivity contribution in [3.63, 3.8) is 0 Å². The normalized spacial score (nSPS) is 10.7. The molecule has 0 fully saturated rings. The first-order chi connectivity index (χ1) is 6.50. The number of methoxy groups -OCH3 is 1. The second-order valence-corrected chi connectivity index (χ2v) is 4.37. The van der Waals surface area contributed by atoms with Crippen LogP contribution >= 0.6 is 58.0 Å². The average molecular weight is 294 g/mol. The summed E-state index contributed by atoms with van der Waals surface area (Å²) in [7, 11) is 1.52. The molecule has 0 aliphatic carbocycles. The predicted molar refractivity (Wildman–Crippen MR) is 62.2 cm³/mol. The lowest BCUT2D eigenvalue weighted by molar-refractivity contribution is 0.185. The maximum absolute atomic E-state index is 5.92. The van der Waals surface area contributed by atoms with E-state index in [1.807, 2.05) is 0 Å². The van der Waals surface area contributed by atoms with E-state index in [1.54, 1.807) is 0 Å². The number of hydrogen-bond donors (Lipinski definition) is 0. The fourth-order valence-electron chi connectivity index (χ4n) is 0.921. The highest BCUT2D eigenvalue weighted by molar-refractivity contribution is 6.55. The Bertz CT molecular complexity index is 334. The Kier molecular flexibility index (Phi) is 4.63. The van der Waals surface area contributed by atoms with Gasteiger partial charge >= 0.3 is 0 Å². The van der Waals surface area contributed by atoms with Gasteiger partial charge in [0.1, 0.15) is 0 Å². The molecule has 78 valence electrons. The van der Waals surface area contributed by atoms with Gasteiger partial charge in [-0.2, -0.15) is 0 Å². The van der Waals surface area contributed by atoms with Crippen LogP contribution in [0.4, 0.5) is 0 Å². The van der Waals surface area contributed by atoms with Gasteiger partial charge in [0.15, 0.2) is 0 Å². The van der Waals surface area contributed by atoms with Crippen LogP contribution < -0.4 is 0 Å². The summed E-state index contributed by atoms with van der Waals surface area (Å²) in [5, 5.41) is 1.08. The van der Waals surface area contributed by atoms with Crippen LogP contribution in [0.5, 0.6) is 0 Å². The molecule has 1 aromatic rings. The molecule has 0 aromatic heterocycles. The third-order valence-electron chi connectivity index (χ3n) is 1.59. The zero-order valence-corrected chi connectivity index (χ0v) is 10.8. The minimum atomic E-state index is 0.156. The summed E-state index contributed by atoms with van der Waals surface area (Å²) < 4.78 is 4.91. The van der Waals surface area contributed by atoms with Crippen LogP contribution in [0.3, 0.4) is 0 Å². The molecule has 1 nitrogen and oxygen atoms in total. The Morgan fingerprint density at radius 3 is 1.50 bits per heavy atom. The number of halogens is 5. The molecule has 0 bridgehead atoms. The minimum absolute atomic E-state index is 0.156. The zero-order valence-electron chi connectivity index (χ0n) is 7.01. The Hall–Kier alpha value is 0.630. The third kappa shape index (κ3) is 2.24. The van der Waals surface area contributed by atoms with Crippen LogP contribution in [-0.2, 0) is 11.3 Å². The SMILES string of the molecule is COCc1c(Cl)c(Cl)c(Cl)c(Cl)c1Cl. The zero-order chi connectivity index (χ0) is 10.9. The van der Waals surface area contributed by atoms with E-state index in [4.69, 9.17) is 62.7 Å². The van der Waals surface area contributed by atoms with Crippen LogP contribution in [0.1, 0.15) is 5.56 Å². The van der Waals surface area contributed by atoms with Gasteiger partial charge in [-0.1, -0.05) is 58.0 Å². The molecule has 14 heavy (non-hydrogen) atoms. The van der Waals surface area contributed by atoms with Gasteiger partial charge in [-0.25, -0.2) is 0 Å². The second kappa shape index (κ2) is 5.11. The van der Waals surface area contributed by atoms with E-state index < -0.39 is 0 Å². The van der Waals surface area contributed by atoms with Crippen LogP contribution in [0.25, 0.3) is 0 Å². The largest absolute Gasteiger partial charge is 0.380 e. The Balaban J connectivity index is 3.43. The number of hydrogen-bond acceptors (Lipinski definition) is 1. The van der Waals surface area contributed by atoms with Gasteiger partial charge in [-0.3, -0.25) is 0 Å². The first-order valence-electron chi connectivity index (χ1n) is 3.50. The van der Waals surface area contributed by atoms with Crippen molar-refractivity contribution in [2.24, 2.45) is 0 Å². The molecular weight excluding hydrogens is 289 g/mol. The molecule has 0 N–H and O–H groups in total. The van der Waals surface area contributed by atoms with Crippen molar-refractivity contribution >= 4 is 58.0 Å². The van der Waals surface area contributed by atoms with Crippen molar-refractivity contribution in [3.05, 3.63) is 30.7 Å². The number of benzene rings is 1. The summed E-state index contributed by atoms with van der Waals surface area (Å²) in [5.41, 5.74) is 0.537. The van der Waals surface area contributed by atoms with E-state index in [9.17, 15) is 0 Å². The maximum Gasteiger partial charge on any atom is 0.0809 e. The Morgan fingerprint density at radius 1 is 0.786 bits per heavy atom. The molecule has 0 aliphatic heterocycles. The summed E-state index contributed by atoms with van der Waals surface area (Å²) >= 11 is 29.3. The van der Waals surface area contributed by atoms with Crippen molar-refractivity contribution in [2.45, 2.75) is 6.61 Å². The van der Waals surface area contributed by atoms with E-state index in [2.05, 4.69) is 0 Å². The Labute approximate surface area is 107 Å². The second-order valence-electron chi connectivity index (χ2n) is 2.48. The first kappa shape index (κ1) is 12.7. The van der Waals surface area contributed by atoms with Gasteiger partial charge in [0, 0.05) is 12.7 Å². The molecule has 0 atom stereocenters. The predicted octanol–water partition coefficient (Wildman–Crippen LogP) is 5.10. The van der Waals surface area contributed by atoms with Crippen LogP contribution in [0, 0.1) is 0 Å². The molecule has 0 amide bonds. The molecule has 6 heteroatoms. The van der Waals surface area contributed by atoms with E-state index in [0.717, 1.165) is 0 Å². The molecule has 1 aromatic carbocycles. The smallest absolute Gasteiger partial charge is 0.0809 e. The maximum atomic E-state index is 5.92. The quantitative estimate of drug-likeness (QED) is 0.544. The first-order valence-corrected chi connectivity index (χ1v) is 5.39. The van der Waals surface area contributed by atoms with Gasteiger partial charge in [0.05, 0.1) is 31.7 Å². The summed E-state index contributed by atoms with van der Waals surface area (Å²) in [5.74, 6) is 0. The summed E-state index contributed by atoms with van der Waals surface area (Å²) in [6.07, 6.45) is 0. The topological polar surface area (TPSA) is 9.23 Å². The summed E-state index contributed by atoms with van der Waals surface area (Å²) in [6.45, 7) is 0.230. The van der Waals surface area contributed by atoms with Gasteiger partial charge in [-0.05, 0) is 0 Å². The van der Waals surface area contributed by atoms with Crippen molar-refractivity contribution in [2.75, 3.05) is 7.11 Å². The molecular formula is C8H5Cl5O. The molecule has 0 saturated heterocycles. The lowest BCUT2D eigenvalue weighted by Crippen LogP contribution is -1.93. The van der Waals surface area contributed by atoms with Gasteiger partial charge < -0.3 is 4.74 Å². The van der Waals surface area contributed by atoms with E-state index in [1.165, 1.54) is 7.11 Å². The minimum Gasteiger partial charge on any atom is -0.380 e. The average Bonchev–Trinajstić information content (AvgIpc) is 2.19. The fraction of sp³-hybridized carbons (Fsp3) is 0.250. The number of rotatable bonds is 2. The van der Waals surface area contributed by atoms with Gasteiger partial charge in [-0.15, -0.1) is 0 Å². The van der Waals surface area contributed by atoms with Crippen LogP contribution in [0.15, 0.2) is 0 Å².